The van der Waals surface area contributed by atoms with Gasteiger partial charge in [-0.25, -0.2) is 4.39 Å². The van der Waals surface area contributed by atoms with E-state index < -0.39 is 5.82 Å². The summed E-state index contributed by atoms with van der Waals surface area (Å²) < 4.78 is 13.1. The molecule has 0 aromatic heterocycles. The molecule has 18 heavy (non-hydrogen) atoms. The Labute approximate surface area is 107 Å². The number of aliphatic hydroxyl groups is 1. The Balaban J connectivity index is 2.56. The predicted molar refractivity (Wildman–Crippen MR) is 68.2 cm³/mol. The number of carbonyl (C=O) groups excluding carboxylic acids is 1. The molecule has 0 aliphatic rings. The Morgan fingerprint density at radius 1 is 1.39 bits per heavy atom. The van der Waals surface area contributed by atoms with Gasteiger partial charge >= 0.3 is 0 Å². The van der Waals surface area contributed by atoms with Crippen LogP contribution in [0, 0.1) is 11.2 Å². The molecular formula is C14H20FNO2. The Hall–Kier alpha value is -1.42. The number of halogens is 1. The van der Waals surface area contributed by atoms with Crippen LogP contribution >= 0.6 is 0 Å². The fraction of sp³-hybridized carbons (Fsp3) is 0.500. The van der Waals surface area contributed by atoms with Gasteiger partial charge in [-0.1, -0.05) is 26.8 Å². The summed E-state index contributed by atoms with van der Waals surface area (Å²) in [6.07, 6.45) is 0.445. The molecule has 0 bridgehead atoms. The van der Waals surface area contributed by atoms with Crippen molar-refractivity contribution in [3.05, 3.63) is 35.1 Å². The highest BCUT2D eigenvalue weighted by Gasteiger charge is 2.15. The number of nitrogens with one attached hydrogen (secondary N) is 1. The highest BCUT2D eigenvalue weighted by atomic mass is 19.1. The lowest BCUT2D eigenvalue weighted by Crippen LogP contribution is -2.27. The highest BCUT2D eigenvalue weighted by Crippen LogP contribution is 2.18. The zero-order valence-electron chi connectivity index (χ0n) is 11.1. The van der Waals surface area contributed by atoms with Crippen LogP contribution in [-0.2, 0) is 17.9 Å². The zero-order valence-corrected chi connectivity index (χ0v) is 11.1. The average Bonchev–Trinajstić information content (AvgIpc) is 2.25. The van der Waals surface area contributed by atoms with Crippen LogP contribution in [0.5, 0.6) is 0 Å². The first kappa shape index (κ1) is 14.6. The van der Waals surface area contributed by atoms with Gasteiger partial charge in [0.25, 0.3) is 0 Å². The number of hydrogen-bond donors (Lipinski definition) is 2. The second-order valence-corrected chi connectivity index (χ2v) is 5.60. The summed E-state index contributed by atoms with van der Waals surface area (Å²) in [6.45, 7) is 5.99. The molecule has 0 radical (unpaired) electrons. The van der Waals surface area contributed by atoms with Crippen molar-refractivity contribution in [1.29, 1.82) is 0 Å². The second-order valence-electron chi connectivity index (χ2n) is 5.60. The van der Waals surface area contributed by atoms with E-state index >= 15 is 0 Å². The first-order chi connectivity index (χ1) is 8.31. The summed E-state index contributed by atoms with van der Waals surface area (Å²) >= 11 is 0. The van der Waals surface area contributed by atoms with Crippen LogP contribution in [-0.4, -0.2) is 11.0 Å². The van der Waals surface area contributed by atoms with Crippen LogP contribution in [0.25, 0.3) is 0 Å². The SMILES string of the molecule is CC(C)(C)CC(=O)NCc1ccc(F)c(CO)c1. The average molecular weight is 253 g/mol. The number of rotatable bonds is 4. The van der Waals surface area contributed by atoms with Gasteiger partial charge in [0.1, 0.15) is 5.82 Å². The van der Waals surface area contributed by atoms with Crippen molar-refractivity contribution in [3.8, 4) is 0 Å². The molecule has 0 unspecified atom stereocenters. The fourth-order valence-corrected chi connectivity index (χ4v) is 1.60. The molecule has 4 heteroatoms. The Morgan fingerprint density at radius 2 is 2.06 bits per heavy atom. The number of benzene rings is 1. The van der Waals surface area contributed by atoms with Crippen molar-refractivity contribution in [2.45, 2.75) is 40.3 Å². The van der Waals surface area contributed by atoms with E-state index in [1.54, 1.807) is 12.1 Å². The van der Waals surface area contributed by atoms with Crippen LogP contribution in [0.15, 0.2) is 18.2 Å². The summed E-state index contributed by atoms with van der Waals surface area (Å²) in [6, 6.07) is 4.47. The van der Waals surface area contributed by atoms with E-state index in [1.807, 2.05) is 20.8 Å². The number of hydrogen-bond acceptors (Lipinski definition) is 2. The third-order valence-electron chi connectivity index (χ3n) is 2.46. The summed E-state index contributed by atoms with van der Waals surface area (Å²) in [4.78, 5) is 11.6. The molecule has 0 heterocycles. The Morgan fingerprint density at radius 3 is 2.61 bits per heavy atom. The molecule has 1 aromatic rings. The van der Waals surface area contributed by atoms with Gasteiger partial charge < -0.3 is 10.4 Å². The summed E-state index contributed by atoms with van der Waals surface area (Å²) in [5.41, 5.74) is 0.976. The third-order valence-corrected chi connectivity index (χ3v) is 2.46. The lowest BCUT2D eigenvalue weighted by atomic mass is 9.92. The van der Waals surface area contributed by atoms with Gasteiger partial charge in [-0.15, -0.1) is 0 Å². The van der Waals surface area contributed by atoms with Gasteiger partial charge in [0.2, 0.25) is 5.91 Å². The summed E-state index contributed by atoms with van der Waals surface area (Å²) in [5.74, 6) is -0.459. The van der Waals surface area contributed by atoms with Crippen molar-refractivity contribution >= 4 is 5.91 Å². The first-order valence-electron chi connectivity index (χ1n) is 5.97. The predicted octanol–water partition coefficient (Wildman–Crippen LogP) is 2.37. The fourth-order valence-electron chi connectivity index (χ4n) is 1.60. The zero-order chi connectivity index (χ0) is 13.8. The molecule has 2 N–H and O–H groups in total. The van der Waals surface area contributed by atoms with E-state index in [1.165, 1.54) is 6.07 Å². The minimum atomic E-state index is -0.428. The van der Waals surface area contributed by atoms with Gasteiger partial charge in [-0.2, -0.15) is 0 Å². The minimum Gasteiger partial charge on any atom is -0.392 e. The van der Waals surface area contributed by atoms with E-state index in [2.05, 4.69) is 5.32 Å². The maximum Gasteiger partial charge on any atom is 0.220 e. The van der Waals surface area contributed by atoms with Gasteiger partial charge in [0.05, 0.1) is 6.61 Å². The summed E-state index contributed by atoms with van der Waals surface area (Å²) in [7, 11) is 0. The molecule has 1 amide bonds. The molecule has 1 aromatic carbocycles. The van der Waals surface area contributed by atoms with E-state index in [0.717, 1.165) is 5.56 Å². The van der Waals surface area contributed by atoms with Crippen molar-refractivity contribution < 1.29 is 14.3 Å². The largest absolute Gasteiger partial charge is 0.392 e. The topological polar surface area (TPSA) is 49.3 Å². The van der Waals surface area contributed by atoms with Crippen LogP contribution in [0.3, 0.4) is 0 Å². The number of carbonyl (C=O) groups is 1. The molecule has 0 saturated heterocycles. The van der Waals surface area contributed by atoms with E-state index in [4.69, 9.17) is 5.11 Å². The van der Waals surface area contributed by atoms with Crippen molar-refractivity contribution in [1.82, 2.24) is 5.32 Å². The Bertz CT molecular complexity index is 424. The second kappa shape index (κ2) is 5.96. The van der Waals surface area contributed by atoms with Crippen LogP contribution in [0.4, 0.5) is 4.39 Å². The number of aliphatic hydroxyl groups excluding tert-OH is 1. The maximum absolute atomic E-state index is 13.1. The van der Waals surface area contributed by atoms with Gasteiger partial charge in [0.15, 0.2) is 0 Å². The van der Waals surface area contributed by atoms with E-state index in [9.17, 15) is 9.18 Å². The van der Waals surface area contributed by atoms with Crippen molar-refractivity contribution in [3.63, 3.8) is 0 Å². The van der Waals surface area contributed by atoms with E-state index in [0.29, 0.717) is 13.0 Å². The van der Waals surface area contributed by atoms with E-state index in [-0.39, 0.29) is 23.5 Å². The normalized spacial score (nSPS) is 11.4. The number of amides is 1. The standard InChI is InChI=1S/C14H20FNO2/c1-14(2,3)7-13(18)16-8-10-4-5-12(15)11(6-10)9-17/h4-6,17H,7-9H2,1-3H3,(H,16,18). The molecule has 3 nitrogen and oxygen atoms in total. The molecule has 0 aliphatic carbocycles. The van der Waals surface area contributed by atoms with Gasteiger partial charge in [-0.3, -0.25) is 4.79 Å². The summed E-state index contributed by atoms with van der Waals surface area (Å²) in [5, 5.41) is 11.7. The smallest absolute Gasteiger partial charge is 0.220 e. The quantitative estimate of drug-likeness (QED) is 0.865. The maximum atomic E-state index is 13.1. The van der Waals surface area contributed by atoms with Gasteiger partial charge in [-0.05, 0) is 23.1 Å². The van der Waals surface area contributed by atoms with Gasteiger partial charge in [0, 0.05) is 18.5 Å². The highest BCUT2D eigenvalue weighted by molar-refractivity contribution is 5.76. The molecule has 0 saturated carbocycles. The Kier molecular flexibility index (Phi) is 4.84. The molecule has 0 spiro atoms. The lowest BCUT2D eigenvalue weighted by Gasteiger charge is -2.17. The van der Waals surface area contributed by atoms with Crippen LogP contribution < -0.4 is 5.32 Å². The third kappa shape index (κ3) is 4.84. The monoisotopic (exact) mass is 253 g/mol. The molecule has 100 valence electrons. The minimum absolute atomic E-state index is 0.0302. The molecule has 0 fully saturated rings. The molecular weight excluding hydrogens is 233 g/mol. The van der Waals surface area contributed by atoms with Crippen LogP contribution in [0.2, 0.25) is 0 Å². The lowest BCUT2D eigenvalue weighted by molar-refractivity contribution is -0.122. The van der Waals surface area contributed by atoms with Crippen molar-refractivity contribution in [2.75, 3.05) is 0 Å². The molecule has 0 aliphatic heterocycles. The first-order valence-corrected chi connectivity index (χ1v) is 5.97. The molecule has 0 atom stereocenters. The van der Waals surface area contributed by atoms with Crippen LogP contribution in [0.1, 0.15) is 38.3 Å². The molecule has 1 rings (SSSR count). The van der Waals surface area contributed by atoms with Crippen molar-refractivity contribution in [2.24, 2.45) is 5.41 Å².